The number of carbonyl (C=O) groups is 1. The Morgan fingerprint density at radius 3 is 2.58 bits per heavy atom. The van der Waals surface area contributed by atoms with E-state index in [1.807, 2.05) is 0 Å². The molecule has 5 heteroatoms. The molecule has 0 aliphatic heterocycles. The van der Waals surface area contributed by atoms with Gasteiger partial charge in [0, 0.05) is 5.56 Å². The first-order chi connectivity index (χ1) is 9.04. The van der Waals surface area contributed by atoms with Crippen LogP contribution in [0, 0.1) is 11.6 Å². The highest BCUT2D eigenvalue weighted by Crippen LogP contribution is 2.27. The van der Waals surface area contributed by atoms with Crippen molar-refractivity contribution in [3.63, 3.8) is 0 Å². The average molecular weight is 327 g/mol. The average Bonchev–Trinajstić information content (AvgIpc) is 2.41. The van der Waals surface area contributed by atoms with Gasteiger partial charge in [-0.25, -0.2) is 8.78 Å². The van der Waals surface area contributed by atoms with Gasteiger partial charge in [0.25, 0.3) is 0 Å². The van der Waals surface area contributed by atoms with Crippen molar-refractivity contribution in [3.05, 3.63) is 63.6 Å². The zero-order valence-corrected chi connectivity index (χ0v) is 11.5. The van der Waals surface area contributed by atoms with Gasteiger partial charge < -0.3 is 4.74 Å². The first kappa shape index (κ1) is 13.7. The second-order valence-corrected chi connectivity index (χ2v) is 4.63. The smallest absolute Gasteiger partial charge is 0.196 e. The minimum Gasteiger partial charge on any atom is -0.496 e. The third kappa shape index (κ3) is 2.66. The number of ketones is 1. The highest BCUT2D eigenvalue weighted by molar-refractivity contribution is 9.10. The topological polar surface area (TPSA) is 26.3 Å². The van der Waals surface area contributed by atoms with E-state index in [0.717, 1.165) is 6.07 Å². The second kappa shape index (κ2) is 5.48. The molecule has 0 aliphatic carbocycles. The first-order valence-electron chi connectivity index (χ1n) is 5.37. The van der Waals surface area contributed by atoms with Crippen molar-refractivity contribution in [1.29, 1.82) is 0 Å². The molecule has 0 heterocycles. The molecule has 0 fully saturated rings. The fourth-order valence-corrected chi connectivity index (χ4v) is 2.18. The molecule has 0 saturated heterocycles. The fourth-order valence-electron chi connectivity index (χ4n) is 1.64. The normalized spacial score (nSPS) is 10.3. The van der Waals surface area contributed by atoms with E-state index in [4.69, 9.17) is 4.74 Å². The standard InChI is InChI=1S/C14H9BrF2O2/c1-19-12-6-5-8(7-10(12)15)14(18)9-3-2-4-11(16)13(9)17/h2-7H,1H3. The number of methoxy groups -OCH3 is 1. The third-order valence-electron chi connectivity index (χ3n) is 2.61. The summed E-state index contributed by atoms with van der Waals surface area (Å²) >= 11 is 3.24. The second-order valence-electron chi connectivity index (χ2n) is 3.78. The van der Waals surface area contributed by atoms with Gasteiger partial charge in [-0.15, -0.1) is 0 Å². The minimum absolute atomic E-state index is 0.247. The molecule has 0 bridgehead atoms. The Kier molecular flexibility index (Phi) is 3.95. The highest BCUT2D eigenvalue weighted by Gasteiger charge is 2.17. The molecule has 0 amide bonds. The monoisotopic (exact) mass is 326 g/mol. The number of ether oxygens (including phenoxy) is 1. The van der Waals surface area contributed by atoms with Crippen LogP contribution in [0.5, 0.6) is 5.75 Å². The molecular weight excluding hydrogens is 318 g/mol. The third-order valence-corrected chi connectivity index (χ3v) is 3.23. The highest BCUT2D eigenvalue weighted by atomic mass is 79.9. The Hall–Kier alpha value is -1.75. The Balaban J connectivity index is 2.44. The van der Waals surface area contributed by atoms with Crippen LogP contribution in [0.15, 0.2) is 40.9 Å². The van der Waals surface area contributed by atoms with Gasteiger partial charge in [0.2, 0.25) is 0 Å². The number of hydrogen-bond acceptors (Lipinski definition) is 2. The largest absolute Gasteiger partial charge is 0.496 e. The zero-order chi connectivity index (χ0) is 14.0. The van der Waals surface area contributed by atoms with Gasteiger partial charge in [-0.05, 0) is 46.3 Å². The lowest BCUT2D eigenvalue weighted by molar-refractivity contribution is 0.103. The van der Waals surface area contributed by atoms with Crippen LogP contribution < -0.4 is 4.74 Å². The number of hydrogen-bond donors (Lipinski definition) is 0. The number of benzene rings is 2. The minimum atomic E-state index is -1.14. The van der Waals surface area contributed by atoms with Gasteiger partial charge in [-0.2, -0.15) is 0 Å². The molecule has 2 aromatic carbocycles. The van der Waals surface area contributed by atoms with E-state index < -0.39 is 17.4 Å². The van der Waals surface area contributed by atoms with Gasteiger partial charge in [0.15, 0.2) is 17.4 Å². The molecule has 0 radical (unpaired) electrons. The van der Waals surface area contributed by atoms with Crippen molar-refractivity contribution in [3.8, 4) is 5.75 Å². The van der Waals surface area contributed by atoms with Crippen LogP contribution in [0.25, 0.3) is 0 Å². The van der Waals surface area contributed by atoms with Crippen molar-refractivity contribution < 1.29 is 18.3 Å². The molecule has 0 N–H and O–H groups in total. The van der Waals surface area contributed by atoms with Gasteiger partial charge >= 0.3 is 0 Å². The maximum absolute atomic E-state index is 13.6. The van der Waals surface area contributed by atoms with Crippen LogP contribution in [-0.2, 0) is 0 Å². The lowest BCUT2D eigenvalue weighted by Crippen LogP contribution is -2.06. The molecule has 0 aromatic heterocycles. The summed E-state index contributed by atoms with van der Waals surface area (Å²) in [6.45, 7) is 0. The molecule has 19 heavy (non-hydrogen) atoms. The molecule has 2 aromatic rings. The number of halogens is 3. The van der Waals surface area contributed by atoms with Crippen LogP contribution in [0.4, 0.5) is 8.78 Å². The van der Waals surface area contributed by atoms with Crippen LogP contribution in [0.1, 0.15) is 15.9 Å². The van der Waals surface area contributed by atoms with E-state index in [0.29, 0.717) is 10.2 Å². The van der Waals surface area contributed by atoms with Crippen LogP contribution in [-0.4, -0.2) is 12.9 Å². The van der Waals surface area contributed by atoms with Gasteiger partial charge in [0.05, 0.1) is 17.1 Å². The summed E-state index contributed by atoms with van der Waals surface area (Å²) in [7, 11) is 1.49. The quantitative estimate of drug-likeness (QED) is 0.798. The van der Waals surface area contributed by atoms with Crippen LogP contribution >= 0.6 is 15.9 Å². The Morgan fingerprint density at radius 1 is 1.21 bits per heavy atom. The zero-order valence-electron chi connectivity index (χ0n) is 9.91. The Bertz CT molecular complexity index is 641. The van der Waals surface area contributed by atoms with E-state index in [-0.39, 0.29) is 11.1 Å². The summed E-state index contributed by atoms with van der Waals surface area (Å²) in [5.74, 6) is -2.21. The lowest BCUT2D eigenvalue weighted by Gasteiger charge is -2.06. The predicted octanol–water partition coefficient (Wildman–Crippen LogP) is 3.97. The molecule has 98 valence electrons. The van der Waals surface area contributed by atoms with E-state index in [9.17, 15) is 13.6 Å². The molecular formula is C14H9BrF2O2. The molecule has 0 saturated carbocycles. The van der Waals surface area contributed by atoms with Gasteiger partial charge in [-0.1, -0.05) is 6.07 Å². The van der Waals surface area contributed by atoms with E-state index in [2.05, 4.69) is 15.9 Å². The first-order valence-corrected chi connectivity index (χ1v) is 6.16. The summed E-state index contributed by atoms with van der Waals surface area (Å²) in [5.41, 5.74) is -0.0470. The summed E-state index contributed by atoms with van der Waals surface area (Å²) in [4.78, 5) is 12.1. The van der Waals surface area contributed by atoms with Crippen molar-refractivity contribution in [1.82, 2.24) is 0 Å². The molecule has 2 nitrogen and oxygen atoms in total. The van der Waals surface area contributed by atoms with Gasteiger partial charge in [-0.3, -0.25) is 4.79 Å². The number of rotatable bonds is 3. The molecule has 0 spiro atoms. The number of carbonyl (C=O) groups excluding carboxylic acids is 1. The van der Waals surface area contributed by atoms with E-state index in [1.165, 1.54) is 31.4 Å². The van der Waals surface area contributed by atoms with E-state index >= 15 is 0 Å². The van der Waals surface area contributed by atoms with Crippen molar-refractivity contribution in [2.75, 3.05) is 7.11 Å². The lowest BCUT2D eigenvalue weighted by atomic mass is 10.0. The Morgan fingerprint density at radius 2 is 1.95 bits per heavy atom. The maximum Gasteiger partial charge on any atom is 0.196 e. The summed E-state index contributed by atoms with van der Waals surface area (Å²) in [5, 5.41) is 0. The molecule has 0 atom stereocenters. The van der Waals surface area contributed by atoms with E-state index in [1.54, 1.807) is 6.07 Å². The maximum atomic E-state index is 13.6. The van der Waals surface area contributed by atoms with Crippen LogP contribution in [0.3, 0.4) is 0 Å². The summed E-state index contributed by atoms with van der Waals surface area (Å²) < 4.78 is 32.3. The van der Waals surface area contributed by atoms with Crippen molar-refractivity contribution >= 4 is 21.7 Å². The predicted molar refractivity (Wildman–Crippen MR) is 70.5 cm³/mol. The molecule has 2 rings (SSSR count). The Labute approximate surface area is 117 Å². The van der Waals surface area contributed by atoms with Crippen molar-refractivity contribution in [2.45, 2.75) is 0 Å². The van der Waals surface area contributed by atoms with Gasteiger partial charge in [0.1, 0.15) is 5.75 Å². The fraction of sp³-hybridized carbons (Fsp3) is 0.0714. The van der Waals surface area contributed by atoms with Crippen molar-refractivity contribution in [2.24, 2.45) is 0 Å². The molecule has 0 aliphatic rings. The molecule has 0 unspecified atom stereocenters. The summed E-state index contributed by atoms with van der Waals surface area (Å²) in [6.07, 6.45) is 0. The van der Waals surface area contributed by atoms with Crippen LogP contribution in [0.2, 0.25) is 0 Å². The SMILES string of the molecule is COc1ccc(C(=O)c2cccc(F)c2F)cc1Br. The summed E-state index contributed by atoms with van der Waals surface area (Å²) in [6, 6.07) is 8.09.